The molecule has 1 saturated heterocycles. The average molecular weight is 330 g/mol. The summed E-state index contributed by atoms with van der Waals surface area (Å²) in [5.74, 6) is 1.48. The molecule has 0 spiro atoms. The van der Waals surface area contributed by atoms with Crippen LogP contribution in [0.1, 0.15) is 23.5 Å². The van der Waals surface area contributed by atoms with Crippen LogP contribution in [0.4, 0.5) is 5.82 Å². The summed E-state index contributed by atoms with van der Waals surface area (Å²) in [6.07, 6.45) is 1.08. The molecule has 0 amide bonds. The first-order valence-electron chi connectivity index (χ1n) is 8.55. The summed E-state index contributed by atoms with van der Waals surface area (Å²) in [6.45, 7) is 11.7. The molecule has 7 nitrogen and oxygen atoms in total. The molecular formula is C17H26N6O. The Balaban J connectivity index is 1.58. The number of nitrogens with one attached hydrogen (secondary N) is 1. The minimum atomic E-state index is 0.622. The highest BCUT2D eigenvalue weighted by atomic mass is 16.5. The zero-order valence-corrected chi connectivity index (χ0v) is 14.7. The molecule has 0 aromatic carbocycles. The molecule has 7 heteroatoms. The molecule has 1 aliphatic rings. The fourth-order valence-corrected chi connectivity index (χ4v) is 2.91. The van der Waals surface area contributed by atoms with Crippen LogP contribution in [-0.4, -0.2) is 64.0 Å². The van der Waals surface area contributed by atoms with Crippen molar-refractivity contribution in [3.8, 4) is 5.95 Å². The fourth-order valence-electron chi connectivity index (χ4n) is 2.91. The van der Waals surface area contributed by atoms with Crippen LogP contribution in [0, 0.1) is 20.8 Å². The summed E-state index contributed by atoms with van der Waals surface area (Å²) < 4.78 is 7.17. The second-order valence-corrected chi connectivity index (χ2v) is 6.27. The van der Waals surface area contributed by atoms with Crippen molar-refractivity contribution in [1.29, 1.82) is 0 Å². The lowest BCUT2D eigenvalue weighted by molar-refractivity contribution is 0.0378. The molecule has 2 aromatic heterocycles. The van der Waals surface area contributed by atoms with Crippen molar-refractivity contribution in [1.82, 2.24) is 24.6 Å². The minimum Gasteiger partial charge on any atom is -0.379 e. The van der Waals surface area contributed by atoms with Crippen molar-refractivity contribution in [2.45, 2.75) is 27.2 Å². The number of aryl methyl sites for hydroxylation is 3. The van der Waals surface area contributed by atoms with Crippen molar-refractivity contribution in [3.63, 3.8) is 0 Å². The second-order valence-electron chi connectivity index (χ2n) is 6.27. The van der Waals surface area contributed by atoms with Crippen molar-refractivity contribution in [2.24, 2.45) is 0 Å². The van der Waals surface area contributed by atoms with Gasteiger partial charge in [0.1, 0.15) is 5.82 Å². The molecular weight excluding hydrogens is 304 g/mol. The van der Waals surface area contributed by atoms with Crippen LogP contribution in [0.2, 0.25) is 0 Å². The summed E-state index contributed by atoms with van der Waals surface area (Å²) in [5.41, 5.74) is 2.94. The van der Waals surface area contributed by atoms with E-state index < -0.39 is 0 Å². The molecule has 3 heterocycles. The number of morpholine rings is 1. The van der Waals surface area contributed by atoms with Crippen LogP contribution in [-0.2, 0) is 4.74 Å². The van der Waals surface area contributed by atoms with Crippen LogP contribution in [0.25, 0.3) is 5.95 Å². The summed E-state index contributed by atoms with van der Waals surface area (Å²) in [4.78, 5) is 11.6. The monoisotopic (exact) mass is 330 g/mol. The third-order valence-corrected chi connectivity index (χ3v) is 4.10. The van der Waals surface area contributed by atoms with Gasteiger partial charge in [0.15, 0.2) is 0 Å². The number of nitrogens with zero attached hydrogens (tertiary/aromatic N) is 5. The van der Waals surface area contributed by atoms with Crippen LogP contribution in [0.5, 0.6) is 0 Å². The quantitative estimate of drug-likeness (QED) is 0.814. The van der Waals surface area contributed by atoms with Gasteiger partial charge < -0.3 is 10.1 Å². The van der Waals surface area contributed by atoms with Gasteiger partial charge in [0.05, 0.1) is 18.9 Å². The number of hydrogen-bond acceptors (Lipinski definition) is 6. The average Bonchev–Trinajstić information content (AvgIpc) is 2.91. The van der Waals surface area contributed by atoms with E-state index in [0.717, 1.165) is 68.7 Å². The molecule has 0 unspecified atom stereocenters. The molecule has 2 aromatic rings. The van der Waals surface area contributed by atoms with E-state index in [1.54, 1.807) is 4.68 Å². The van der Waals surface area contributed by atoms with Gasteiger partial charge in [0, 0.05) is 37.1 Å². The van der Waals surface area contributed by atoms with Crippen LogP contribution >= 0.6 is 0 Å². The van der Waals surface area contributed by atoms with Crippen molar-refractivity contribution in [2.75, 3.05) is 44.7 Å². The molecule has 130 valence electrons. The normalized spacial score (nSPS) is 15.6. The predicted octanol–water partition coefficient (Wildman–Crippen LogP) is 1.72. The van der Waals surface area contributed by atoms with Crippen LogP contribution in [0.15, 0.2) is 12.1 Å². The first-order chi connectivity index (χ1) is 11.6. The Morgan fingerprint density at radius 1 is 1.08 bits per heavy atom. The van der Waals surface area contributed by atoms with Gasteiger partial charge in [-0.05, 0) is 39.8 Å². The van der Waals surface area contributed by atoms with E-state index in [1.165, 1.54) is 0 Å². The van der Waals surface area contributed by atoms with Crippen molar-refractivity contribution < 1.29 is 4.74 Å². The van der Waals surface area contributed by atoms with E-state index in [1.807, 2.05) is 32.9 Å². The lowest BCUT2D eigenvalue weighted by atomic mass is 10.3. The van der Waals surface area contributed by atoms with E-state index in [0.29, 0.717) is 5.95 Å². The smallest absolute Gasteiger partial charge is 0.252 e. The molecule has 0 radical (unpaired) electrons. The van der Waals surface area contributed by atoms with Gasteiger partial charge in [-0.2, -0.15) is 10.1 Å². The number of anilines is 1. The fraction of sp³-hybridized carbons (Fsp3) is 0.588. The zero-order chi connectivity index (χ0) is 16.9. The van der Waals surface area contributed by atoms with Crippen molar-refractivity contribution >= 4 is 5.82 Å². The van der Waals surface area contributed by atoms with Gasteiger partial charge in [-0.3, -0.25) is 4.90 Å². The Morgan fingerprint density at radius 2 is 1.88 bits per heavy atom. The third kappa shape index (κ3) is 4.30. The van der Waals surface area contributed by atoms with Gasteiger partial charge in [0.25, 0.3) is 5.95 Å². The number of aromatic nitrogens is 4. The summed E-state index contributed by atoms with van der Waals surface area (Å²) in [5, 5.41) is 7.88. The summed E-state index contributed by atoms with van der Waals surface area (Å²) in [6, 6.07) is 4.01. The molecule has 24 heavy (non-hydrogen) atoms. The lowest BCUT2D eigenvalue weighted by Crippen LogP contribution is -2.37. The molecule has 0 aliphatic carbocycles. The van der Waals surface area contributed by atoms with E-state index in [9.17, 15) is 0 Å². The summed E-state index contributed by atoms with van der Waals surface area (Å²) in [7, 11) is 0. The standard InChI is InChI=1S/C17H26N6O/c1-13-12-16(18-5-4-6-22-7-9-24-10-8-22)20-17(19-13)23-15(3)11-14(2)21-23/h11-12H,4-10H2,1-3H3,(H,18,19,20). The second kappa shape index (κ2) is 7.72. The molecule has 0 saturated carbocycles. The Kier molecular flexibility index (Phi) is 5.42. The number of ether oxygens (including phenoxy) is 1. The van der Waals surface area contributed by atoms with Crippen molar-refractivity contribution in [3.05, 3.63) is 29.2 Å². The molecule has 1 N–H and O–H groups in total. The van der Waals surface area contributed by atoms with Gasteiger partial charge in [-0.1, -0.05) is 0 Å². The maximum atomic E-state index is 5.37. The molecule has 1 fully saturated rings. The molecule has 1 aliphatic heterocycles. The Hall–Kier alpha value is -1.99. The topological polar surface area (TPSA) is 68.1 Å². The van der Waals surface area contributed by atoms with Gasteiger partial charge in [0.2, 0.25) is 0 Å². The molecule has 0 atom stereocenters. The van der Waals surface area contributed by atoms with E-state index in [4.69, 9.17) is 4.74 Å². The first kappa shape index (κ1) is 16.9. The number of rotatable bonds is 6. The number of hydrogen-bond donors (Lipinski definition) is 1. The largest absolute Gasteiger partial charge is 0.379 e. The third-order valence-electron chi connectivity index (χ3n) is 4.10. The highest BCUT2D eigenvalue weighted by Crippen LogP contribution is 2.12. The Morgan fingerprint density at radius 3 is 2.58 bits per heavy atom. The minimum absolute atomic E-state index is 0.622. The summed E-state index contributed by atoms with van der Waals surface area (Å²) >= 11 is 0. The van der Waals surface area contributed by atoms with Crippen LogP contribution < -0.4 is 5.32 Å². The highest BCUT2D eigenvalue weighted by molar-refractivity contribution is 5.38. The highest BCUT2D eigenvalue weighted by Gasteiger charge is 2.10. The molecule has 0 bridgehead atoms. The first-order valence-corrected chi connectivity index (χ1v) is 8.55. The predicted molar refractivity (Wildman–Crippen MR) is 93.7 cm³/mol. The maximum absolute atomic E-state index is 5.37. The van der Waals surface area contributed by atoms with E-state index >= 15 is 0 Å². The molecule has 3 rings (SSSR count). The lowest BCUT2D eigenvalue weighted by Gasteiger charge is -2.26. The van der Waals surface area contributed by atoms with Gasteiger partial charge >= 0.3 is 0 Å². The van der Waals surface area contributed by atoms with Crippen LogP contribution in [0.3, 0.4) is 0 Å². The van der Waals surface area contributed by atoms with Gasteiger partial charge in [-0.25, -0.2) is 9.67 Å². The zero-order valence-electron chi connectivity index (χ0n) is 14.7. The maximum Gasteiger partial charge on any atom is 0.252 e. The Labute approximate surface area is 143 Å². The Bertz CT molecular complexity index is 678. The van der Waals surface area contributed by atoms with Gasteiger partial charge in [-0.15, -0.1) is 0 Å². The van der Waals surface area contributed by atoms with E-state index in [2.05, 4.69) is 25.3 Å². The van der Waals surface area contributed by atoms with E-state index in [-0.39, 0.29) is 0 Å². The SMILES string of the molecule is Cc1cc(NCCCN2CCOCC2)nc(-n2nc(C)cc2C)n1.